The van der Waals surface area contributed by atoms with Crippen molar-refractivity contribution < 1.29 is 23.8 Å². The van der Waals surface area contributed by atoms with E-state index in [1.807, 2.05) is 0 Å². The summed E-state index contributed by atoms with van der Waals surface area (Å²) in [5.74, 6) is -1.78. The molecule has 0 saturated carbocycles. The first-order valence-corrected chi connectivity index (χ1v) is 5.86. The van der Waals surface area contributed by atoms with Gasteiger partial charge in [-0.25, -0.2) is 4.39 Å². The number of aliphatic carboxylic acids is 1. The van der Waals surface area contributed by atoms with Crippen LogP contribution in [0.25, 0.3) is 0 Å². The highest BCUT2D eigenvalue weighted by Gasteiger charge is 2.13. The molecule has 0 amide bonds. The average Bonchev–Trinajstić information content (AvgIpc) is 2.28. The van der Waals surface area contributed by atoms with E-state index in [0.717, 1.165) is 17.8 Å². The summed E-state index contributed by atoms with van der Waals surface area (Å²) in [6, 6.07) is 3.65. The second-order valence-corrected chi connectivity index (χ2v) is 4.14. The standard InChI is InChI=1S/C11H11FO4S/c1-16-10-3-2-7(12)4-8(10)9(13)5-17-6-11(14)15/h2-4H,5-6H2,1H3,(H,14,15). The molecule has 0 aliphatic rings. The number of halogens is 1. The number of methoxy groups -OCH3 is 1. The normalized spacial score (nSPS) is 10.0. The molecule has 0 aromatic heterocycles. The van der Waals surface area contributed by atoms with E-state index in [1.165, 1.54) is 19.2 Å². The van der Waals surface area contributed by atoms with Gasteiger partial charge in [-0.2, -0.15) is 0 Å². The van der Waals surface area contributed by atoms with Gasteiger partial charge in [-0.05, 0) is 18.2 Å². The minimum atomic E-state index is -0.992. The van der Waals surface area contributed by atoms with E-state index in [4.69, 9.17) is 9.84 Å². The number of Topliss-reactive ketones (excluding diaryl/α,β-unsaturated/α-hetero) is 1. The molecular weight excluding hydrogens is 247 g/mol. The lowest BCUT2D eigenvalue weighted by Crippen LogP contribution is -2.08. The Morgan fingerprint density at radius 1 is 1.41 bits per heavy atom. The number of carboxylic acids is 1. The van der Waals surface area contributed by atoms with Gasteiger partial charge in [0.05, 0.1) is 24.2 Å². The van der Waals surface area contributed by atoms with Crippen molar-refractivity contribution in [1.82, 2.24) is 0 Å². The Balaban J connectivity index is 2.73. The van der Waals surface area contributed by atoms with Gasteiger partial charge in [0.25, 0.3) is 0 Å². The zero-order valence-corrected chi connectivity index (χ0v) is 9.92. The maximum atomic E-state index is 13.0. The molecular formula is C11H11FO4S. The maximum Gasteiger partial charge on any atom is 0.313 e. The van der Waals surface area contributed by atoms with Crippen LogP contribution in [-0.2, 0) is 4.79 Å². The molecule has 1 aromatic carbocycles. The minimum absolute atomic E-state index is 0.0217. The highest BCUT2D eigenvalue weighted by atomic mass is 32.2. The number of rotatable bonds is 6. The van der Waals surface area contributed by atoms with Gasteiger partial charge < -0.3 is 9.84 Å². The molecule has 0 spiro atoms. The Kier molecular flexibility index (Phi) is 4.96. The third-order valence-corrected chi connectivity index (χ3v) is 2.84. The van der Waals surface area contributed by atoms with Gasteiger partial charge in [0, 0.05) is 0 Å². The first-order chi connectivity index (χ1) is 8.04. The van der Waals surface area contributed by atoms with E-state index in [-0.39, 0.29) is 28.6 Å². The van der Waals surface area contributed by atoms with Gasteiger partial charge in [0.2, 0.25) is 0 Å². The van der Waals surface area contributed by atoms with Crippen molar-refractivity contribution in [3.05, 3.63) is 29.6 Å². The summed E-state index contributed by atoms with van der Waals surface area (Å²) in [5, 5.41) is 8.42. The molecule has 0 aliphatic heterocycles. The number of hydrogen-bond acceptors (Lipinski definition) is 4. The van der Waals surface area contributed by atoms with Crippen LogP contribution in [0.4, 0.5) is 4.39 Å². The van der Waals surface area contributed by atoms with Crippen LogP contribution in [0.3, 0.4) is 0 Å². The quantitative estimate of drug-likeness (QED) is 0.789. The fraction of sp³-hybridized carbons (Fsp3) is 0.273. The van der Waals surface area contributed by atoms with Gasteiger partial charge >= 0.3 is 5.97 Å². The average molecular weight is 258 g/mol. The molecule has 1 N–H and O–H groups in total. The van der Waals surface area contributed by atoms with E-state index in [1.54, 1.807) is 0 Å². The molecule has 0 radical (unpaired) electrons. The predicted octanol–water partition coefficient (Wildman–Crippen LogP) is 1.83. The van der Waals surface area contributed by atoms with Crippen LogP contribution >= 0.6 is 11.8 Å². The van der Waals surface area contributed by atoms with E-state index in [2.05, 4.69) is 0 Å². The van der Waals surface area contributed by atoms with Crippen molar-refractivity contribution in [2.45, 2.75) is 0 Å². The number of ketones is 1. The van der Waals surface area contributed by atoms with Crippen molar-refractivity contribution >= 4 is 23.5 Å². The number of carbonyl (C=O) groups is 2. The smallest absolute Gasteiger partial charge is 0.313 e. The Bertz CT molecular complexity index is 433. The number of carboxylic acid groups (broad SMARTS) is 1. The van der Waals surface area contributed by atoms with E-state index in [9.17, 15) is 14.0 Å². The van der Waals surface area contributed by atoms with E-state index in [0.29, 0.717) is 0 Å². The zero-order valence-electron chi connectivity index (χ0n) is 9.10. The molecule has 6 heteroatoms. The predicted molar refractivity (Wildman–Crippen MR) is 62.2 cm³/mol. The second kappa shape index (κ2) is 6.24. The molecule has 0 aliphatic carbocycles. The SMILES string of the molecule is COc1ccc(F)cc1C(=O)CSCC(=O)O. The number of hydrogen-bond donors (Lipinski definition) is 1. The van der Waals surface area contributed by atoms with E-state index < -0.39 is 11.8 Å². The third-order valence-electron chi connectivity index (χ3n) is 1.92. The largest absolute Gasteiger partial charge is 0.496 e. The third kappa shape index (κ3) is 4.07. The number of benzene rings is 1. The van der Waals surface area contributed by atoms with Crippen LogP contribution in [0.1, 0.15) is 10.4 Å². The summed E-state index contributed by atoms with van der Waals surface area (Å²) in [4.78, 5) is 22.0. The summed E-state index contributed by atoms with van der Waals surface area (Å²) >= 11 is 0.962. The van der Waals surface area contributed by atoms with Gasteiger partial charge in [-0.3, -0.25) is 9.59 Å². The lowest BCUT2D eigenvalue weighted by molar-refractivity contribution is -0.133. The van der Waals surface area contributed by atoms with Crippen LogP contribution in [0.15, 0.2) is 18.2 Å². The maximum absolute atomic E-state index is 13.0. The molecule has 0 unspecified atom stereocenters. The van der Waals surface area contributed by atoms with Crippen molar-refractivity contribution in [3.63, 3.8) is 0 Å². The summed E-state index contributed by atoms with van der Waals surface area (Å²) < 4.78 is 17.9. The lowest BCUT2D eigenvalue weighted by atomic mass is 10.1. The molecule has 0 saturated heterocycles. The number of thioether (sulfide) groups is 1. The lowest BCUT2D eigenvalue weighted by Gasteiger charge is -2.06. The van der Waals surface area contributed by atoms with Crippen molar-refractivity contribution in [1.29, 1.82) is 0 Å². The Hall–Kier alpha value is -1.56. The van der Waals surface area contributed by atoms with Gasteiger partial charge in [0.15, 0.2) is 5.78 Å². The molecule has 17 heavy (non-hydrogen) atoms. The minimum Gasteiger partial charge on any atom is -0.496 e. The Labute approximate surface area is 102 Å². The summed E-state index contributed by atoms with van der Waals surface area (Å²) in [6.45, 7) is 0. The monoisotopic (exact) mass is 258 g/mol. The Morgan fingerprint density at radius 3 is 2.71 bits per heavy atom. The molecule has 0 atom stereocenters. The number of carbonyl (C=O) groups excluding carboxylic acids is 1. The van der Waals surface area contributed by atoms with Gasteiger partial charge in [-0.15, -0.1) is 11.8 Å². The topological polar surface area (TPSA) is 63.6 Å². The van der Waals surface area contributed by atoms with Crippen LogP contribution in [-0.4, -0.2) is 35.5 Å². The zero-order chi connectivity index (χ0) is 12.8. The van der Waals surface area contributed by atoms with Crippen LogP contribution in [0.5, 0.6) is 5.75 Å². The Morgan fingerprint density at radius 2 is 2.12 bits per heavy atom. The molecule has 0 fully saturated rings. The van der Waals surface area contributed by atoms with Crippen LogP contribution < -0.4 is 4.74 Å². The molecule has 4 nitrogen and oxygen atoms in total. The second-order valence-electron chi connectivity index (χ2n) is 3.15. The van der Waals surface area contributed by atoms with Gasteiger partial charge in [0.1, 0.15) is 11.6 Å². The molecule has 0 bridgehead atoms. The molecule has 1 rings (SSSR count). The van der Waals surface area contributed by atoms with Crippen molar-refractivity contribution in [2.75, 3.05) is 18.6 Å². The fourth-order valence-corrected chi connectivity index (χ4v) is 1.82. The van der Waals surface area contributed by atoms with Crippen LogP contribution in [0.2, 0.25) is 0 Å². The highest BCUT2D eigenvalue weighted by Crippen LogP contribution is 2.21. The van der Waals surface area contributed by atoms with E-state index >= 15 is 0 Å². The summed E-state index contributed by atoms with van der Waals surface area (Å²) in [7, 11) is 1.38. The summed E-state index contributed by atoms with van der Waals surface area (Å²) in [5.41, 5.74) is 0.130. The summed E-state index contributed by atoms with van der Waals surface area (Å²) in [6.07, 6.45) is 0. The fourth-order valence-electron chi connectivity index (χ4n) is 1.21. The number of ether oxygens (including phenoxy) is 1. The first-order valence-electron chi connectivity index (χ1n) is 4.71. The first kappa shape index (κ1) is 13.5. The van der Waals surface area contributed by atoms with Crippen molar-refractivity contribution in [2.24, 2.45) is 0 Å². The van der Waals surface area contributed by atoms with Gasteiger partial charge in [-0.1, -0.05) is 0 Å². The molecule has 0 heterocycles. The molecule has 92 valence electrons. The highest BCUT2D eigenvalue weighted by molar-refractivity contribution is 8.00. The van der Waals surface area contributed by atoms with Crippen molar-refractivity contribution in [3.8, 4) is 5.75 Å². The van der Waals surface area contributed by atoms with Crippen LogP contribution in [0, 0.1) is 5.82 Å². The molecule has 1 aromatic rings.